The smallest absolute Gasteiger partial charge is 0.261 e. The molecule has 0 saturated carbocycles. The topological polar surface area (TPSA) is 249 Å². The summed E-state index contributed by atoms with van der Waals surface area (Å²) in [6, 6.07) is 58.6. The largest absolute Gasteiger partial charge is 0.304 e. The minimum absolute atomic E-state index is 0.244. The molecular weight excluding hydrogens is 1400 g/mol. The van der Waals surface area contributed by atoms with Gasteiger partial charge >= 0.3 is 0 Å². The van der Waals surface area contributed by atoms with Crippen LogP contribution in [0.1, 0.15) is 105 Å². The molecule has 7 aromatic carbocycles. The molecule has 105 heavy (non-hydrogen) atoms. The Bertz CT molecular complexity index is 5090. The van der Waals surface area contributed by atoms with Gasteiger partial charge in [-0.05, 0) is 198 Å². The van der Waals surface area contributed by atoms with E-state index in [4.69, 9.17) is 15.0 Å². The van der Waals surface area contributed by atoms with Gasteiger partial charge in [-0.3, -0.25) is 33.6 Å². The standard InChI is InChI=1S/C23H27N3O2S.C23H29N3O2S.C21H23N3O2S.C14H17N3O2S/c1-18-9-13-21(14-10-18)29(27,28)25-22-8-6-7-19-11-12-20(24-23(19)22)17-26-15-4-2-3-5-16-26;1-4-15-26(16-5-2)17-20-12-11-19-7-6-8-22(23(19)24-20)25-29(27,28)21-13-9-18(3)10-14-21;1-16-7-11-19(12-8-16)27(25,26)23-20-6-4-5-17-9-10-18(22-21(17)20)15-24-13-2-3-14-24;1-4-20(18,19)16-13-7-5-6-11-8-9-12(10-17(2)3)15-14(11)13/h6-14,25H,2-5,15-17H2,1H3;6-14,25H,4-5,15-17H2,1-3H3;4-12,23H,2-3,13-15H2,1H3;4-9,16H,1,10H2,2-3H3. The molecule has 0 radical (unpaired) electrons. The van der Waals surface area contributed by atoms with Crippen LogP contribution in [-0.4, -0.2) is 127 Å². The van der Waals surface area contributed by atoms with Crippen molar-refractivity contribution in [1.29, 1.82) is 0 Å². The average Bonchev–Trinajstić information content (AvgIpc) is 0.821. The van der Waals surface area contributed by atoms with Crippen molar-refractivity contribution < 1.29 is 33.7 Å². The van der Waals surface area contributed by atoms with E-state index >= 15 is 0 Å². The van der Waals surface area contributed by atoms with Gasteiger partial charge in [0.1, 0.15) is 0 Å². The van der Waals surface area contributed by atoms with Crippen molar-refractivity contribution in [2.45, 2.75) is 127 Å². The van der Waals surface area contributed by atoms with Gasteiger partial charge in [0.25, 0.3) is 40.1 Å². The summed E-state index contributed by atoms with van der Waals surface area (Å²) in [5.74, 6) is 0. The molecule has 2 aliphatic rings. The van der Waals surface area contributed by atoms with E-state index < -0.39 is 40.1 Å². The zero-order chi connectivity index (χ0) is 74.7. The summed E-state index contributed by atoms with van der Waals surface area (Å²) in [6.45, 7) is 22.9. The van der Waals surface area contributed by atoms with Gasteiger partial charge in [0.05, 0.1) is 82.3 Å². The van der Waals surface area contributed by atoms with Crippen LogP contribution in [0.2, 0.25) is 0 Å². The highest BCUT2D eigenvalue weighted by Crippen LogP contribution is 2.31. The molecule has 2 fully saturated rings. The highest BCUT2D eigenvalue weighted by Gasteiger charge is 2.22. The Labute approximate surface area is 620 Å². The van der Waals surface area contributed by atoms with E-state index in [-0.39, 0.29) is 14.7 Å². The number of nitrogens with zero attached hydrogens (tertiary/aromatic N) is 8. The normalized spacial score (nSPS) is 13.8. The summed E-state index contributed by atoms with van der Waals surface area (Å²) in [6.07, 6.45) is 9.71. The van der Waals surface area contributed by atoms with Gasteiger partial charge < -0.3 is 4.90 Å². The number of sulfonamides is 4. The van der Waals surface area contributed by atoms with Crippen molar-refractivity contribution in [2.75, 3.05) is 72.3 Å². The Balaban J connectivity index is 0.000000151. The van der Waals surface area contributed by atoms with Gasteiger partial charge in [-0.2, -0.15) is 0 Å². The number of pyridine rings is 4. The van der Waals surface area contributed by atoms with E-state index in [0.29, 0.717) is 51.4 Å². The number of benzene rings is 7. The molecule has 11 aromatic rings. The fourth-order valence-electron chi connectivity index (χ4n) is 12.5. The van der Waals surface area contributed by atoms with Crippen LogP contribution in [0, 0.1) is 20.8 Å². The Morgan fingerprint density at radius 2 is 0.676 bits per heavy atom. The van der Waals surface area contributed by atoms with E-state index in [1.54, 1.807) is 103 Å². The van der Waals surface area contributed by atoms with Crippen LogP contribution in [0.4, 0.5) is 22.7 Å². The lowest BCUT2D eigenvalue weighted by atomic mass is 10.1. The first-order valence-electron chi connectivity index (χ1n) is 35.7. The molecule has 0 unspecified atom stereocenters. The highest BCUT2D eigenvalue weighted by molar-refractivity contribution is 7.95. The van der Waals surface area contributed by atoms with Crippen molar-refractivity contribution in [3.8, 4) is 0 Å². The van der Waals surface area contributed by atoms with Gasteiger partial charge in [0.15, 0.2) is 0 Å². The van der Waals surface area contributed by atoms with E-state index in [9.17, 15) is 33.7 Å². The summed E-state index contributed by atoms with van der Waals surface area (Å²) in [7, 11) is -10.6. The monoisotopic (exact) mass is 1490 g/mol. The van der Waals surface area contributed by atoms with Gasteiger partial charge in [-0.15, -0.1) is 0 Å². The molecule has 24 heteroatoms. The quantitative estimate of drug-likeness (QED) is 0.0439. The second-order valence-electron chi connectivity index (χ2n) is 27.0. The third-order valence-corrected chi connectivity index (χ3v) is 23.0. The molecule has 0 bridgehead atoms. The number of aryl methyl sites for hydroxylation is 3. The third-order valence-electron chi connectivity index (χ3n) is 17.9. The molecule has 0 amide bonds. The SMILES string of the molecule is C=CS(=O)(=O)Nc1cccc2ccc(CN(C)C)nc12.CCCN(CCC)Cc1ccc2cccc(NS(=O)(=O)c3ccc(C)cc3)c2n1.Cc1ccc(S(=O)(=O)Nc2cccc3ccc(CN4CCCC4)nc23)cc1.Cc1ccc(S(=O)(=O)Nc2cccc3ccc(CN4CCCCCC4)nc23)cc1. The van der Waals surface area contributed by atoms with Crippen molar-refractivity contribution in [1.82, 2.24) is 39.5 Å². The molecule has 0 atom stereocenters. The van der Waals surface area contributed by atoms with Crippen molar-refractivity contribution in [3.05, 3.63) is 246 Å². The second kappa shape index (κ2) is 36.2. The Morgan fingerprint density at radius 3 is 0.990 bits per heavy atom. The second-order valence-corrected chi connectivity index (χ2v) is 33.7. The van der Waals surface area contributed by atoms with E-state index in [1.807, 2.05) is 131 Å². The van der Waals surface area contributed by atoms with E-state index in [0.717, 1.165) is 138 Å². The molecule has 2 aliphatic heterocycles. The van der Waals surface area contributed by atoms with Crippen LogP contribution in [-0.2, 0) is 66.3 Å². The number of para-hydroxylation sites is 4. The molecule has 4 aromatic heterocycles. The van der Waals surface area contributed by atoms with Crippen molar-refractivity contribution in [2.24, 2.45) is 0 Å². The average molecular weight is 1490 g/mol. The Morgan fingerprint density at radius 1 is 0.381 bits per heavy atom. The molecule has 0 aliphatic carbocycles. The van der Waals surface area contributed by atoms with Crippen molar-refractivity contribution in [3.63, 3.8) is 0 Å². The van der Waals surface area contributed by atoms with Crippen LogP contribution < -0.4 is 18.9 Å². The zero-order valence-corrected chi connectivity index (χ0v) is 64.2. The summed E-state index contributed by atoms with van der Waals surface area (Å²) < 4.78 is 111. The molecule has 6 heterocycles. The van der Waals surface area contributed by atoms with Gasteiger partial charge in [0.2, 0.25) is 0 Å². The van der Waals surface area contributed by atoms with Gasteiger partial charge in [-0.25, -0.2) is 53.6 Å². The van der Waals surface area contributed by atoms with Crippen LogP contribution >= 0.6 is 0 Å². The number of hydrogen-bond acceptors (Lipinski definition) is 16. The predicted octanol–water partition coefficient (Wildman–Crippen LogP) is 15.8. The Kier molecular flexibility index (Phi) is 27.0. The van der Waals surface area contributed by atoms with E-state index in [2.05, 4.69) is 59.0 Å². The maximum absolute atomic E-state index is 12.8. The lowest BCUT2D eigenvalue weighted by molar-refractivity contribution is 0.264. The first-order valence-corrected chi connectivity index (χ1v) is 41.7. The fraction of sp³-hybridized carbons (Fsp3) is 0.309. The first-order chi connectivity index (χ1) is 50.4. The molecule has 4 N–H and O–H groups in total. The summed E-state index contributed by atoms with van der Waals surface area (Å²) in [5.41, 5.74) is 11.5. The number of likely N-dealkylation sites (tertiary alicyclic amines) is 2. The fourth-order valence-corrected chi connectivity index (χ4v) is 16.3. The van der Waals surface area contributed by atoms with Gasteiger partial charge in [0, 0.05) is 53.1 Å². The zero-order valence-electron chi connectivity index (χ0n) is 61.0. The minimum Gasteiger partial charge on any atom is -0.304 e. The lowest BCUT2D eigenvalue weighted by Crippen LogP contribution is -2.25. The molecular formula is C81H96N12O8S4. The van der Waals surface area contributed by atoms with Crippen LogP contribution in [0.25, 0.3) is 43.6 Å². The number of nitrogens with one attached hydrogen (secondary N) is 4. The number of anilines is 4. The summed E-state index contributed by atoms with van der Waals surface area (Å²) >= 11 is 0. The highest BCUT2D eigenvalue weighted by atomic mass is 32.2. The number of fused-ring (bicyclic) bond motifs is 4. The number of hydrogen-bond donors (Lipinski definition) is 4. The van der Waals surface area contributed by atoms with Crippen LogP contribution in [0.5, 0.6) is 0 Å². The maximum Gasteiger partial charge on any atom is 0.261 e. The molecule has 13 rings (SSSR count). The number of aromatic nitrogens is 4. The summed E-state index contributed by atoms with van der Waals surface area (Å²) in [5, 5.41) is 4.53. The van der Waals surface area contributed by atoms with Crippen LogP contribution in [0.15, 0.2) is 221 Å². The van der Waals surface area contributed by atoms with Gasteiger partial charge in [-0.1, -0.05) is 159 Å². The lowest BCUT2D eigenvalue weighted by Gasteiger charge is -2.20. The predicted molar refractivity (Wildman–Crippen MR) is 427 cm³/mol. The molecule has 0 spiro atoms. The molecule has 2 saturated heterocycles. The van der Waals surface area contributed by atoms with Crippen LogP contribution in [0.3, 0.4) is 0 Å². The number of rotatable bonds is 24. The molecule has 20 nitrogen and oxygen atoms in total. The third kappa shape index (κ3) is 22.2. The minimum atomic E-state index is -3.68. The maximum atomic E-state index is 12.8. The molecule has 552 valence electrons. The van der Waals surface area contributed by atoms with E-state index in [1.165, 1.54) is 38.5 Å². The van der Waals surface area contributed by atoms with Crippen molar-refractivity contribution >= 4 is 106 Å². The first kappa shape index (κ1) is 78.4. The summed E-state index contributed by atoms with van der Waals surface area (Å²) in [4.78, 5) is 28.9. The Hall–Kier alpha value is -9.24.